The van der Waals surface area contributed by atoms with Gasteiger partial charge in [-0.2, -0.15) is 0 Å². The number of nitrogens with one attached hydrogen (secondary N) is 2. The quantitative estimate of drug-likeness (QED) is 0.497. The Hall–Kier alpha value is -3.24. The number of hydrogen-bond donors (Lipinski definition) is 2. The highest BCUT2D eigenvalue weighted by atomic mass is 32.2. The van der Waals surface area contributed by atoms with E-state index in [-0.39, 0.29) is 29.5 Å². The number of aromatic nitrogens is 2. The van der Waals surface area contributed by atoms with Gasteiger partial charge in [0.05, 0.1) is 22.9 Å². The number of benzene rings is 2. The van der Waals surface area contributed by atoms with Crippen LogP contribution < -0.4 is 20.3 Å². The first-order chi connectivity index (χ1) is 16.4. The predicted molar refractivity (Wildman–Crippen MR) is 129 cm³/mol. The van der Waals surface area contributed by atoms with Crippen LogP contribution in [-0.4, -0.2) is 44.1 Å². The first kappa shape index (κ1) is 23.9. The van der Waals surface area contributed by atoms with Crippen molar-refractivity contribution in [3.05, 3.63) is 64.2 Å². The van der Waals surface area contributed by atoms with E-state index in [1.54, 1.807) is 34.9 Å². The first-order valence-electron chi connectivity index (χ1n) is 11.3. The minimum atomic E-state index is -3.70. The molecule has 1 amide bonds. The third kappa shape index (κ3) is 5.28. The lowest BCUT2D eigenvalue weighted by Gasteiger charge is -2.16. The number of carbonyl (C=O) groups excluding carboxylic acids is 1. The zero-order valence-corrected chi connectivity index (χ0v) is 19.9. The van der Waals surface area contributed by atoms with Gasteiger partial charge in [-0.3, -0.25) is 14.2 Å². The van der Waals surface area contributed by atoms with Crippen LogP contribution in [0, 0.1) is 0 Å². The van der Waals surface area contributed by atoms with Gasteiger partial charge in [0, 0.05) is 31.6 Å². The van der Waals surface area contributed by atoms with E-state index in [1.807, 2.05) is 0 Å². The minimum absolute atomic E-state index is 0.0286. The van der Waals surface area contributed by atoms with Crippen molar-refractivity contribution in [1.82, 2.24) is 19.6 Å². The highest BCUT2D eigenvalue weighted by Crippen LogP contribution is 2.17. The summed E-state index contributed by atoms with van der Waals surface area (Å²) in [6.45, 7) is 0.805. The number of rotatable bonds is 7. The largest absolute Gasteiger partial charge is 0.497 e. The maximum atomic E-state index is 12.9. The monoisotopic (exact) mass is 484 g/mol. The van der Waals surface area contributed by atoms with Crippen molar-refractivity contribution in [3.8, 4) is 5.75 Å². The molecule has 0 saturated heterocycles. The van der Waals surface area contributed by atoms with Crippen molar-refractivity contribution >= 4 is 26.8 Å². The summed E-state index contributed by atoms with van der Waals surface area (Å²) < 4.78 is 34.0. The van der Waals surface area contributed by atoms with Gasteiger partial charge in [0.2, 0.25) is 10.0 Å². The van der Waals surface area contributed by atoms with E-state index < -0.39 is 10.0 Å². The average Bonchev–Trinajstić information content (AvgIpc) is 2.82. The lowest BCUT2D eigenvalue weighted by molar-refractivity contribution is 0.0954. The summed E-state index contributed by atoms with van der Waals surface area (Å²) in [5.74, 6) is 0.965. The highest BCUT2D eigenvalue weighted by molar-refractivity contribution is 7.89. The maximum Gasteiger partial charge on any atom is 0.261 e. The average molecular weight is 485 g/mol. The van der Waals surface area contributed by atoms with E-state index in [4.69, 9.17) is 4.74 Å². The molecule has 0 bridgehead atoms. The third-order valence-electron chi connectivity index (χ3n) is 5.90. The number of aryl methyl sites for hydroxylation is 1. The van der Waals surface area contributed by atoms with Crippen molar-refractivity contribution in [2.45, 2.75) is 43.5 Å². The van der Waals surface area contributed by atoms with Gasteiger partial charge in [0.25, 0.3) is 11.5 Å². The Kier molecular flexibility index (Phi) is 7.28. The standard InChI is InChI=1S/C24H28N4O5S/c1-33-18-8-10-19(11-9-18)34(31,32)26-14-13-25-23(29)17-7-12-20-21(16-17)27-22-6-4-2-3-5-15-28(22)24(20)30/h7-12,16,26H,2-6,13-15H2,1H3,(H,25,29). The Labute approximate surface area is 198 Å². The molecular formula is C24H28N4O5S. The number of sulfonamides is 1. The Morgan fingerprint density at radius 3 is 2.59 bits per heavy atom. The molecule has 0 unspecified atom stereocenters. The molecule has 1 aliphatic rings. The van der Waals surface area contributed by atoms with Gasteiger partial charge >= 0.3 is 0 Å². The van der Waals surface area contributed by atoms with Gasteiger partial charge in [0.15, 0.2) is 0 Å². The Morgan fingerprint density at radius 2 is 1.82 bits per heavy atom. The molecule has 4 rings (SSSR count). The second kappa shape index (κ2) is 10.4. The van der Waals surface area contributed by atoms with Crippen LogP contribution in [0.3, 0.4) is 0 Å². The minimum Gasteiger partial charge on any atom is -0.497 e. The molecule has 0 spiro atoms. The van der Waals surface area contributed by atoms with Crippen LogP contribution in [0.15, 0.2) is 52.2 Å². The molecule has 34 heavy (non-hydrogen) atoms. The first-order valence-corrected chi connectivity index (χ1v) is 12.8. The van der Waals surface area contributed by atoms with Crippen LogP contribution in [-0.2, 0) is 23.0 Å². The summed E-state index contributed by atoms with van der Waals surface area (Å²) in [5.41, 5.74) is 0.805. The van der Waals surface area contributed by atoms with E-state index in [2.05, 4.69) is 15.0 Å². The van der Waals surface area contributed by atoms with Gasteiger partial charge in [-0.05, 0) is 55.3 Å². The van der Waals surface area contributed by atoms with Gasteiger partial charge in [0.1, 0.15) is 11.6 Å². The normalized spacial score (nSPS) is 14.1. The number of ether oxygens (including phenoxy) is 1. The summed E-state index contributed by atoms with van der Waals surface area (Å²) in [6, 6.07) is 10.9. The Bertz CT molecular complexity index is 1350. The number of nitrogens with zero attached hydrogens (tertiary/aromatic N) is 2. The van der Waals surface area contributed by atoms with E-state index >= 15 is 0 Å². The highest BCUT2D eigenvalue weighted by Gasteiger charge is 2.16. The maximum absolute atomic E-state index is 12.9. The van der Waals surface area contributed by atoms with Crippen LogP contribution in [0.25, 0.3) is 10.9 Å². The van der Waals surface area contributed by atoms with Gasteiger partial charge in [-0.1, -0.05) is 12.8 Å². The number of fused-ring (bicyclic) bond motifs is 2. The fourth-order valence-corrected chi connectivity index (χ4v) is 5.07. The Balaban J connectivity index is 1.40. The van der Waals surface area contributed by atoms with Gasteiger partial charge < -0.3 is 10.1 Å². The molecule has 10 heteroatoms. The molecule has 9 nitrogen and oxygen atoms in total. The molecule has 0 atom stereocenters. The molecule has 0 radical (unpaired) electrons. The van der Waals surface area contributed by atoms with Gasteiger partial charge in [-0.25, -0.2) is 18.1 Å². The van der Waals surface area contributed by atoms with Crippen LogP contribution in [0.4, 0.5) is 0 Å². The molecular weight excluding hydrogens is 456 g/mol. The van der Waals surface area contributed by atoms with Crippen LogP contribution >= 0.6 is 0 Å². The van der Waals surface area contributed by atoms with E-state index in [1.165, 1.54) is 19.2 Å². The van der Waals surface area contributed by atoms with Crippen molar-refractivity contribution in [2.75, 3.05) is 20.2 Å². The van der Waals surface area contributed by atoms with Crippen LogP contribution in [0.2, 0.25) is 0 Å². The Morgan fingerprint density at radius 1 is 1.06 bits per heavy atom. The summed E-state index contributed by atoms with van der Waals surface area (Å²) in [7, 11) is -2.19. The topological polar surface area (TPSA) is 119 Å². The van der Waals surface area contributed by atoms with Crippen molar-refractivity contribution in [3.63, 3.8) is 0 Å². The van der Waals surface area contributed by atoms with Crippen molar-refractivity contribution in [1.29, 1.82) is 0 Å². The fraction of sp³-hybridized carbons (Fsp3) is 0.375. The summed E-state index contributed by atoms with van der Waals surface area (Å²) in [4.78, 5) is 30.3. The molecule has 0 saturated carbocycles. The summed E-state index contributed by atoms with van der Waals surface area (Å²) in [5, 5.41) is 3.20. The SMILES string of the molecule is COc1ccc(S(=O)(=O)NCCNC(=O)c2ccc3c(=O)n4c(nc3c2)CCCCCC4)cc1. The zero-order valence-electron chi connectivity index (χ0n) is 19.0. The molecule has 2 aromatic carbocycles. The molecule has 2 heterocycles. The van der Waals surface area contributed by atoms with E-state index in [0.29, 0.717) is 28.8 Å². The lowest BCUT2D eigenvalue weighted by atomic mass is 10.1. The second-order valence-corrected chi connectivity index (χ2v) is 9.98. The zero-order chi connectivity index (χ0) is 24.1. The van der Waals surface area contributed by atoms with Crippen LogP contribution in [0.1, 0.15) is 41.9 Å². The summed E-state index contributed by atoms with van der Waals surface area (Å²) >= 11 is 0. The van der Waals surface area contributed by atoms with Crippen molar-refractivity contribution in [2.24, 2.45) is 0 Å². The lowest BCUT2D eigenvalue weighted by Crippen LogP contribution is -2.34. The second-order valence-electron chi connectivity index (χ2n) is 8.21. The number of hydrogen-bond acceptors (Lipinski definition) is 6. The molecule has 2 N–H and O–H groups in total. The van der Waals surface area contributed by atoms with Crippen LogP contribution in [0.5, 0.6) is 5.75 Å². The number of carbonyl (C=O) groups is 1. The number of amides is 1. The third-order valence-corrected chi connectivity index (χ3v) is 7.38. The molecule has 1 aromatic heterocycles. The predicted octanol–water partition coefficient (Wildman–Crippen LogP) is 2.23. The van der Waals surface area contributed by atoms with E-state index in [9.17, 15) is 18.0 Å². The van der Waals surface area contributed by atoms with Crippen molar-refractivity contribution < 1.29 is 17.9 Å². The fourth-order valence-electron chi connectivity index (χ4n) is 4.04. The molecule has 3 aromatic rings. The molecule has 180 valence electrons. The molecule has 1 aliphatic heterocycles. The van der Waals surface area contributed by atoms with E-state index in [0.717, 1.165) is 37.9 Å². The smallest absolute Gasteiger partial charge is 0.261 e. The number of methoxy groups -OCH3 is 1. The summed E-state index contributed by atoms with van der Waals surface area (Å²) in [6.07, 6.45) is 4.93. The molecule has 0 aliphatic carbocycles. The molecule has 0 fully saturated rings. The van der Waals surface area contributed by atoms with Gasteiger partial charge in [-0.15, -0.1) is 0 Å².